The smallest absolute Gasteiger partial charge is 0.377 e. The van der Waals surface area contributed by atoms with Crippen LogP contribution < -0.4 is 0 Å². The summed E-state index contributed by atoms with van der Waals surface area (Å²) in [5.74, 6) is -0.825. The predicted molar refractivity (Wildman–Crippen MR) is 70.5 cm³/mol. The third kappa shape index (κ3) is 2.84. The molecule has 0 amide bonds. The minimum Gasteiger partial charge on any atom is -0.460 e. The lowest BCUT2D eigenvalue weighted by molar-refractivity contribution is 0.0478. The topological polar surface area (TPSA) is 52.3 Å². The molecule has 0 saturated heterocycles. The Kier molecular flexibility index (Phi) is 4.31. The summed E-state index contributed by atoms with van der Waals surface area (Å²) in [7, 11) is 0. The Bertz CT molecular complexity index is 580. The number of aromatic nitrogens is 1. The monoisotopic (exact) mass is 327 g/mol. The van der Waals surface area contributed by atoms with E-state index in [9.17, 15) is 9.18 Å². The van der Waals surface area contributed by atoms with Crippen molar-refractivity contribution in [3.63, 3.8) is 0 Å². The Morgan fingerprint density at radius 2 is 2.11 bits per heavy atom. The average Bonchev–Trinajstić information content (AvgIpc) is 2.83. The zero-order valence-electron chi connectivity index (χ0n) is 10.2. The summed E-state index contributed by atoms with van der Waals surface area (Å²) in [6, 6.07) is 5.81. The summed E-state index contributed by atoms with van der Waals surface area (Å²) in [6.45, 7) is 1.97. The largest absolute Gasteiger partial charge is 0.460 e. The highest BCUT2D eigenvalue weighted by atomic mass is 79.9. The number of hydrogen-bond acceptors (Lipinski definition) is 4. The van der Waals surface area contributed by atoms with Gasteiger partial charge in [0.25, 0.3) is 0 Å². The van der Waals surface area contributed by atoms with Gasteiger partial charge in [-0.15, -0.1) is 0 Å². The SMILES string of the molecule is CCOC(=O)c1onc(-c2ccc(F)cc2)c1CBr. The lowest BCUT2D eigenvalue weighted by Gasteiger charge is -2.01. The summed E-state index contributed by atoms with van der Waals surface area (Å²) in [4.78, 5) is 11.7. The Balaban J connectivity index is 2.42. The maximum Gasteiger partial charge on any atom is 0.377 e. The molecule has 1 aromatic carbocycles. The standard InChI is InChI=1S/C13H11BrFNO3/c1-2-18-13(17)12-10(7-14)11(16-19-12)8-3-5-9(15)6-4-8/h3-6H,2,7H2,1H3. The molecule has 1 aromatic heterocycles. The summed E-state index contributed by atoms with van der Waals surface area (Å²) in [5, 5.41) is 4.25. The number of hydrogen-bond donors (Lipinski definition) is 0. The van der Waals surface area contributed by atoms with Gasteiger partial charge >= 0.3 is 5.97 Å². The van der Waals surface area contributed by atoms with Gasteiger partial charge in [0, 0.05) is 16.5 Å². The van der Waals surface area contributed by atoms with E-state index in [2.05, 4.69) is 21.1 Å². The van der Waals surface area contributed by atoms with Crippen molar-refractivity contribution in [2.45, 2.75) is 12.3 Å². The van der Waals surface area contributed by atoms with Crippen LogP contribution >= 0.6 is 15.9 Å². The fourth-order valence-corrected chi connectivity index (χ4v) is 2.15. The minimum absolute atomic E-state index is 0.0676. The van der Waals surface area contributed by atoms with E-state index in [1.54, 1.807) is 19.1 Å². The van der Waals surface area contributed by atoms with Crippen molar-refractivity contribution in [3.8, 4) is 11.3 Å². The van der Waals surface area contributed by atoms with Crippen LogP contribution in [0.25, 0.3) is 11.3 Å². The van der Waals surface area contributed by atoms with Crippen molar-refractivity contribution in [1.29, 1.82) is 0 Å². The van der Waals surface area contributed by atoms with E-state index in [1.165, 1.54) is 12.1 Å². The number of carbonyl (C=O) groups excluding carboxylic acids is 1. The second-order valence-electron chi connectivity index (χ2n) is 3.70. The van der Waals surface area contributed by atoms with E-state index in [0.717, 1.165) is 0 Å². The molecule has 2 rings (SSSR count). The van der Waals surface area contributed by atoms with Crippen molar-refractivity contribution in [2.24, 2.45) is 0 Å². The van der Waals surface area contributed by atoms with Gasteiger partial charge in [0.15, 0.2) is 0 Å². The second-order valence-corrected chi connectivity index (χ2v) is 4.26. The number of esters is 1. The Hall–Kier alpha value is -1.69. The van der Waals surface area contributed by atoms with E-state index in [1.807, 2.05) is 0 Å². The molecule has 0 saturated carbocycles. The van der Waals surface area contributed by atoms with Crippen LogP contribution in [0, 0.1) is 5.82 Å². The van der Waals surface area contributed by atoms with Crippen LogP contribution in [0.15, 0.2) is 28.8 Å². The zero-order chi connectivity index (χ0) is 13.8. The molecule has 0 bridgehead atoms. The second kappa shape index (κ2) is 5.97. The molecule has 4 nitrogen and oxygen atoms in total. The lowest BCUT2D eigenvalue weighted by Crippen LogP contribution is -2.05. The van der Waals surface area contributed by atoms with Crippen molar-refractivity contribution >= 4 is 21.9 Å². The molecule has 0 aliphatic carbocycles. The van der Waals surface area contributed by atoms with Crippen LogP contribution in [0.1, 0.15) is 23.0 Å². The molecular formula is C13H11BrFNO3. The molecule has 2 aromatic rings. The van der Waals surface area contributed by atoms with Crippen LogP contribution in [0.2, 0.25) is 0 Å². The number of alkyl halides is 1. The molecular weight excluding hydrogens is 317 g/mol. The van der Waals surface area contributed by atoms with Gasteiger partial charge in [0.05, 0.1) is 6.61 Å². The molecule has 0 spiro atoms. The number of nitrogens with zero attached hydrogens (tertiary/aromatic N) is 1. The number of halogens is 2. The Labute approximate surface area is 117 Å². The molecule has 0 atom stereocenters. The highest BCUT2D eigenvalue weighted by Crippen LogP contribution is 2.28. The van der Waals surface area contributed by atoms with Gasteiger partial charge in [0.2, 0.25) is 5.76 Å². The normalized spacial score (nSPS) is 10.5. The minimum atomic E-state index is -0.558. The van der Waals surface area contributed by atoms with E-state index >= 15 is 0 Å². The third-order valence-corrected chi connectivity index (χ3v) is 3.06. The Morgan fingerprint density at radius 3 is 2.68 bits per heavy atom. The van der Waals surface area contributed by atoms with Gasteiger partial charge < -0.3 is 9.26 Å². The number of ether oxygens (including phenoxy) is 1. The highest BCUT2D eigenvalue weighted by Gasteiger charge is 2.23. The zero-order valence-corrected chi connectivity index (χ0v) is 11.7. The first kappa shape index (κ1) is 13.7. The van der Waals surface area contributed by atoms with Crippen LogP contribution in [0.3, 0.4) is 0 Å². The van der Waals surface area contributed by atoms with Gasteiger partial charge in [-0.05, 0) is 31.2 Å². The molecule has 0 unspecified atom stereocenters. The van der Waals surface area contributed by atoms with Gasteiger partial charge in [0.1, 0.15) is 11.5 Å². The van der Waals surface area contributed by atoms with E-state index < -0.39 is 5.97 Å². The highest BCUT2D eigenvalue weighted by molar-refractivity contribution is 9.08. The van der Waals surface area contributed by atoms with Crippen LogP contribution in [0.5, 0.6) is 0 Å². The van der Waals surface area contributed by atoms with Crippen LogP contribution in [-0.2, 0) is 10.1 Å². The maximum atomic E-state index is 12.9. The Morgan fingerprint density at radius 1 is 1.42 bits per heavy atom. The molecule has 0 radical (unpaired) electrons. The predicted octanol–water partition coefficient (Wildman–Crippen LogP) is 3.55. The molecule has 0 aliphatic rings. The summed E-state index contributed by atoms with van der Waals surface area (Å²) >= 11 is 3.29. The van der Waals surface area contributed by atoms with Crippen LogP contribution in [-0.4, -0.2) is 17.7 Å². The molecule has 1 heterocycles. The van der Waals surface area contributed by atoms with Crippen molar-refractivity contribution in [1.82, 2.24) is 5.16 Å². The van der Waals surface area contributed by atoms with Crippen molar-refractivity contribution in [2.75, 3.05) is 6.61 Å². The molecule has 6 heteroatoms. The fraction of sp³-hybridized carbons (Fsp3) is 0.231. The van der Waals surface area contributed by atoms with Gasteiger partial charge in [-0.25, -0.2) is 9.18 Å². The summed E-state index contributed by atoms with van der Waals surface area (Å²) < 4.78 is 22.8. The molecule has 0 fully saturated rings. The number of rotatable bonds is 4. The first-order valence-corrected chi connectivity index (χ1v) is 6.77. The lowest BCUT2D eigenvalue weighted by atomic mass is 10.1. The van der Waals surface area contributed by atoms with Gasteiger partial charge in [-0.2, -0.15) is 0 Å². The first-order valence-electron chi connectivity index (χ1n) is 5.65. The van der Waals surface area contributed by atoms with E-state index in [4.69, 9.17) is 9.26 Å². The maximum absolute atomic E-state index is 12.9. The number of carbonyl (C=O) groups is 1. The fourth-order valence-electron chi connectivity index (χ4n) is 1.62. The van der Waals surface area contributed by atoms with Crippen molar-refractivity contribution < 1.29 is 18.4 Å². The first-order chi connectivity index (χ1) is 9.17. The summed E-state index contributed by atoms with van der Waals surface area (Å²) in [6.07, 6.45) is 0. The third-order valence-electron chi connectivity index (χ3n) is 2.50. The molecule has 0 aliphatic heterocycles. The molecule has 100 valence electrons. The van der Waals surface area contributed by atoms with Crippen molar-refractivity contribution in [3.05, 3.63) is 41.4 Å². The molecule has 0 N–H and O–H groups in total. The van der Waals surface area contributed by atoms with Gasteiger partial charge in [-0.3, -0.25) is 0 Å². The van der Waals surface area contributed by atoms with E-state index in [-0.39, 0.29) is 18.2 Å². The van der Waals surface area contributed by atoms with E-state index in [0.29, 0.717) is 22.2 Å². The van der Waals surface area contributed by atoms with Crippen LogP contribution in [0.4, 0.5) is 4.39 Å². The number of benzene rings is 1. The quantitative estimate of drug-likeness (QED) is 0.636. The van der Waals surface area contributed by atoms with Gasteiger partial charge in [-0.1, -0.05) is 21.1 Å². The molecule has 19 heavy (non-hydrogen) atoms. The average molecular weight is 328 g/mol. The summed E-state index contributed by atoms with van der Waals surface area (Å²) in [5.41, 5.74) is 1.76.